The molecule has 0 radical (unpaired) electrons. The van der Waals surface area contributed by atoms with E-state index in [-0.39, 0.29) is 0 Å². The van der Waals surface area contributed by atoms with Crippen LogP contribution in [0.1, 0.15) is 32.6 Å². The molecule has 0 saturated carbocycles. The van der Waals surface area contributed by atoms with Gasteiger partial charge in [0.2, 0.25) is 0 Å². The first kappa shape index (κ1) is 13.4. The first-order valence-corrected chi connectivity index (χ1v) is 6.91. The van der Waals surface area contributed by atoms with E-state index in [0.29, 0.717) is 25.9 Å². The van der Waals surface area contributed by atoms with E-state index in [2.05, 4.69) is 4.72 Å². The molecule has 1 saturated heterocycles. The summed E-state index contributed by atoms with van der Waals surface area (Å²) in [5.41, 5.74) is 0. The molecule has 0 spiro atoms. The summed E-state index contributed by atoms with van der Waals surface area (Å²) in [4.78, 5) is 10.8. The molecule has 6 nitrogen and oxygen atoms in total. The zero-order valence-electron chi connectivity index (χ0n) is 9.35. The van der Waals surface area contributed by atoms with Crippen molar-refractivity contribution in [2.45, 2.75) is 38.6 Å². The Morgan fingerprint density at radius 2 is 2.00 bits per heavy atom. The van der Waals surface area contributed by atoms with Crippen molar-refractivity contribution in [1.29, 1.82) is 0 Å². The van der Waals surface area contributed by atoms with Crippen LogP contribution in [-0.4, -0.2) is 42.9 Å². The van der Waals surface area contributed by atoms with Crippen LogP contribution >= 0.6 is 0 Å². The highest BCUT2D eigenvalue weighted by Gasteiger charge is 2.29. The molecule has 0 aromatic rings. The number of hydrogen-bond donors (Lipinski definition) is 2. The molecule has 1 fully saturated rings. The number of carboxylic acids is 1. The van der Waals surface area contributed by atoms with Crippen LogP contribution in [0.25, 0.3) is 0 Å². The molecule has 2 N–H and O–H groups in total. The van der Waals surface area contributed by atoms with Gasteiger partial charge in [0, 0.05) is 13.1 Å². The molecule has 94 valence electrons. The summed E-state index contributed by atoms with van der Waals surface area (Å²) in [5, 5.41) is 8.87. The molecule has 0 unspecified atom stereocenters. The molecule has 0 bridgehead atoms. The van der Waals surface area contributed by atoms with Gasteiger partial charge in [-0.25, -0.2) is 0 Å². The Morgan fingerprint density at radius 1 is 1.44 bits per heavy atom. The van der Waals surface area contributed by atoms with Crippen LogP contribution in [-0.2, 0) is 15.0 Å². The van der Waals surface area contributed by atoms with E-state index in [0.717, 1.165) is 12.8 Å². The van der Waals surface area contributed by atoms with E-state index in [1.165, 1.54) is 4.31 Å². The second kappa shape index (κ2) is 5.60. The third-order valence-electron chi connectivity index (χ3n) is 2.57. The Hall–Kier alpha value is -0.660. The summed E-state index contributed by atoms with van der Waals surface area (Å²) < 4.78 is 27.1. The number of nitrogens with one attached hydrogen (secondary N) is 1. The monoisotopic (exact) mass is 250 g/mol. The fourth-order valence-corrected chi connectivity index (χ4v) is 3.17. The van der Waals surface area contributed by atoms with Gasteiger partial charge in [0.1, 0.15) is 6.04 Å². The smallest absolute Gasteiger partial charge is 0.321 e. The van der Waals surface area contributed by atoms with E-state index < -0.39 is 22.2 Å². The fourth-order valence-electron chi connectivity index (χ4n) is 1.70. The number of rotatable bonds is 6. The molecule has 1 atom stereocenters. The van der Waals surface area contributed by atoms with Gasteiger partial charge >= 0.3 is 5.97 Å². The van der Waals surface area contributed by atoms with Gasteiger partial charge in [-0.15, -0.1) is 0 Å². The molecule has 1 rings (SSSR count). The van der Waals surface area contributed by atoms with E-state index in [4.69, 9.17) is 5.11 Å². The molecule has 16 heavy (non-hydrogen) atoms. The van der Waals surface area contributed by atoms with Crippen LogP contribution in [0, 0.1) is 0 Å². The molecule has 0 amide bonds. The van der Waals surface area contributed by atoms with Crippen LogP contribution in [0.3, 0.4) is 0 Å². The van der Waals surface area contributed by atoms with E-state index >= 15 is 0 Å². The van der Waals surface area contributed by atoms with Crippen molar-refractivity contribution < 1.29 is 18.3 Å². The van der Waals surface area contributed by atoms with Gasteiger partial charge in [0.15, 0.2) is 0 Å². The average molecular weight is 250 g/mol. The Bertz CT molecular complexity index is 335. The van der Waals surface area contributed by atoms with Crippen LogP contribution in [0.15, 0.2) is 0 Å². The second-order valence-corrected chi connectivity index (χ2v) is 5.61. The Kier molecular flexibility index (Phi) is 4.69. The van der Waals surface area contributed by atoms with Gasteiger partial charge in [-0.05, 0) is 19.3 Å². The largest absolute Gasteiger partial charge is 0.480 e. The van der Waals surface area contributed by atoms with Crippen molar-refractivity contribution in [3.05, 3.63) is 0 Å². The average Bonchev–Trinajstić information content (AvgIpc) is 2.69. The van der Waals surface area contributed by atoms with E-state index in [9.17, 15) is 13.2 Å². The van der Waals surface area contributed by atoms with Crippen molar-refractivity contribution in [3.63, 3.8) is 0 Å². The lowest BCUT2D eigenvalue weighted by Crippen LogP contribution is -2.47. The minimum absolute atomic E-state index is 0.308. The fraction of sp³-hybridized carbons (Fsp3) is 0.889. The molecule has 1 heterocycles. The standard InChI is InChI=1S/C9H18N2O4S/c1-2-5-8(9(12)13)10-16(14,15)11-6-3-4-7-11/h8,10H,2-7H2,1H3,(H,12,13)/t8-/m1/s1. The van der Waals surface area contributed by atoms with Gasteiger partial charge < -0.3 is 5.11 Å². The molecular weight excluding hydrogens is 232 g/mol. The summed E-state index contributed by atoms with van der Waals surface area (Å²) in [7, 11) is -3.62. The minimum Gasteiger partial charge on any atom is -0.480 e. The zero-order chi connectivity index (χ0) is 12.2. The van der Waals surface area contributed by atoms with E-state index in [1.54, 1.807) is 0 Å². The predicted molar refractivity (Wildman–Crippen MR) is 59.2 cm³/mol. The van der Waals surface area contributed by atoms with E-state index in [1.807, 2.05) is 6.92 Å². The van der Waals surface area contributed by atoms with Crippen molar-refractivity contribution in [1.82, 2.24) is 9.03 Å². The molecule has 1 aliphatic heterocycles. The molecule has 7 heteroatoms. The number of nitrogens with zero attached hydrogens (tertiary/aromatic N) is 1. The van der Waals surface area contributed by atoms with Crippen LogP contribution in [0.2, 0.25) is 0 Å². The Labute approximate surface area is 95.8 Å². The number of hydrogen-bond acceptors (Lipinski definition) is 3. The number of carbonyl (C=O) groups is 1. The topological polar surface area (TPSA) is 86.7 Å². The van der Waals surface area contributed by atoms with Crippen LogP contribution in [0.5, 0.6) is 0 Å². The highest BCUT2D eigenvalue weighted by Crippen LogP contribution is 2.12. The Balaban J connectivity index is 2.65. The van der Waals surface area contributed by atoms with Gasteiger partial charge in [-0.3, -0.25) is 4.79 Å². The van der Waals surface area contributed by atoms with Crippen molar-refractivity contribution in [2.75, 3.05) is 13.1 Å². The van der Waals surface area contributed by atoms with Gasteiger partial charge in [-0.2, -0.15) is 17.4 Å². The lowest BCUT2D eigenvalue weighted by atomic mass is 10.2. The molecular formula is C9H18N2O4S. The third-order valence-corrected chi connectivity index (χ3v) is 4.20. The quantitative estimate of drug-likeness (QED) is 0.703. The molecule has 0 aromatic heterocycles. The molecule has 0 aromatic carbocycles. The predicted octanol–water partition coefficient (Wildman–Crippen LogP) is 0.170. The lowest BCUT2D eigenvalue weighted by molar-refractivity contribution is -0.139. The SMILES string of the molecule is CCC[C@@H](NS(=O)(=O)N1CCCC1)C(=O)O. The summed E-state index contributed by atoms with van der Waals surface area (Å²) in [5.74, 6) is -1.12. The minimum atomic E-state index is -3.62. The highest BCUT2D eigenvalue weighted by molar-refractivity contribution is 7.87. The van der Waals surface area contributed by atoms with Gasteiger partial charge in [-0.1, -0.05) is 13.3 Å². The zero-order valence-corrected chi connectivity index (χ0v) is 10.2. The summed E-state index contributed by atoms with van der Waals surface area (Å²) in [6, 6.07) is -1.02. The van der Waals surface area contributed by atoms with Crippen LogP contribution < -0.4 is 4.72 Å². The first-order chi connectivity index (χ1) is 7.47. The summed E-state index contributed by atoms with van der Waals surface area (Å²) >= 11 is 0. The maximum atomic E-state index is 11.8. The van der Waals surface area contributed by atoms with Gasteiger partial charge in [0.05, 0.1) is 0 Å². The summed E-state index contributed by atoms with van der Waals surface area (Å²) in [6.45, 7) is 2.78. The second-order valence-electron chi connectivity index (χ2n) is 3.91. The highest BCUT2D eigenvalue weighted by atomic mass is 32.2. The maximum absolute atomic E-state index is 11.8. The molecule has 1 aliphatic rings. The Morgan fingerprint density at radius 3 is 2.44 bits per heavy atom. The first-order valence-electron chi connectivity index (χ1n) is 5.47. The van der Waals surface area contributed by atoms with Crippen LogP contribution in [0.4, 0.5) is 0 Å². The molecule has 0 aliphatic carbocycles. The normalized spacial score (nSPS) is 19.8. The number of aliphatic carboxylic acids is 1. The van der Waals surface area contributed by atoms with Crippen molar-refractivity contribution in [3.8, 4) is 0 Å². The van der Waals surface area contributed by atoms with Crippen molar-refractivity contribution >= 4 is 16.2 Å². The summed E-state index contributed by atoms with van der Waals surface area (Å²) in [6.07, 6.45) is 2.61. The third kappa shape index (κ3) is 3.43. The van der Waals surface area contributed by atoms with Gasteiger partial charge in [0.25, 0.3) is 10.2 Å². The van der Waals surface area contributed by atoms with Crippen molar-refractivity contribution in [2.24, 2.45) is 0 Å². The number of carboxylic acid groups (broad SMARTS) is 1. The lowest BCUT2D eigenvalue weighted by Gasteiger charge is -2.19. The maximum Gasteiger partial charge on any atom is 0.321 e.